The molecule has 0 radical (unpaired) electrons. The minimum Gasteiger partial charge on any atom is -0.383 e. The van der Waals surface area contributed by atoms with Crippen LogP contribution in [0.2, 0.25) is 0 Å². The molecule has 0 aliphatic carbocycles. The highest BCUT2D eigenvalue weighted by atomic mass is 16.6. The van der Waals surface area contributed by atoms with Crippen molar-refractivity contribution >= 4 is 11.4 Å². The van der Waals surface area contributed by atoms with Crippen molar-refractivity contribution in [1.29, 1.82) is 0 Å². The average molecular weight is 262 g/mol. The van der Waals surface area contributed by atoms with Gasteiger partial charge in [-0.3, -0.25) is 14.7 Å². The van der Waals surface area contributed by atoms with E-state index in [9.17, 15) is 14.9 Å². The van der Waals surface area contributed by atoms with Crippen molar-refractivity contribution in [3.63, 3.8) is 0 Å². The number of nitro benzene ring substituents is 1. The van der Waals surface area contributed by atoms with Crippen LogP contribution in [0, 0.1) is 10.1 Å². The number of imidazole rings is 1. The molecule has 2 rings (SSSR count). The smallest absolute Gasteiger partial charge is 0.328 e. The van der Waals surface area contributed by atoms with Gasteiger partial charge < -0.3 is 9.88 Å². The fourth-order valence-electron chi connectivity index (χ4n) is 1.87. The van der Waals surface area contributed by atoms with Crippen LogP contribution in [-0.4, -0.2) is 21.1 Å². The molecule has 0 saturated carbocycles. The molecule has 1 heterocycles. The second-order valence-corrected chi connectivity index (χ2v) is 4.18. The molecule has 0 bridgehead atoms. The summed E-state index contributed by atoms with van der Waals surface area (Å²) in [5.41, 5.74) is 1.01. The van der Waals surface area contributed by atoms with Crippen LogP contribution in [0.15, 0.2) is 35.4 Å². The third-order valence-electron chi connectivity index (χ3n) is 2.90. The Balaban J connectivity index is 2.36. The number of nitro groups is 1. The molecule has 1 aromatic heterocycles. The van der Waals surface area contributed by atoms with Gasteiger partial charge in [0.2, 0.25) is 0 Å². The Bertz CT molecular complexity index is 672. The first-order valence-corrected chi connectivity index (χ1v) is 5.69. The van der Waals surface area contributed by atoms with E-state index < -0.39 is 4.92 Å². The van der Waals surface area contributed by atoms with Crippen LogP contribution in [0.1, 0.15) is 5.56 Å². The molecule has 100 valence electrons. The zero-order valence-electron chi connectivity index (χ0n) is 10.7. The molecule has 2 aromatic rings. The predicted molar refractivity (Wildman–Crippen MR) is 71.4 cm³/mol. The topological polar surface area (TPSA) is 82.1 Å². The maximum Gasteiger partial charge on any atom is 0.328 e. The van der Waals surface area contributed by atoms with Gasteiger partial charge >= 0.3 is 5.69 Å². The fraction of sp³-hybridized carbons (Fsp3) is 0.250. The van der Waals surface area contributed by atoms with Crippen molar-refractivity contribution in [2.45, 2.75) is 6.54 Å². The number of nitrogens with one attached hydrogen (secondary N) is 1. The summed E-state index contributed by atoms with van der Waals surface area (Å²) in [5.74, 6) is 0. The Morgan fingerprint density at radius 2 is 2.11 bits per heavy atom. The van der Waals surface area contributed by atoms with Crippen LogP contribution in [0.25, 0.3) is 0 Å². The van der Waals surface area contributed by atoms with E-state index >= 15 is 0 Å². The summed E-state index contributed by atoms with van der Waals surface area (Å²) in [4.78, 5) is 22.2. The van der Waals surface area contributed by atoms with Crippen molar-refractivity contribution in [2.75, 3.05) is 12.4 Å². The monoisotopic (exact) mass is 262 g/mol. The molecule has 0 spiro atoms. The molecule has 19 heavy (non-hydrogen) atoms. The second-order valence-electron chi connectivity index (χ2n) is 4.18. The molecule has 0 unspecified atom stereocenters. The highest BCUT2D eigenvalue weighted by Gasteiger charge is 2.13. The van der Waals surface area contributed by atoms with E-state index in [-0.39, 0.29) is 11.4 Å². The van der Waals surface area contributed by atoms with Crippen LogP contribution >= 0.6 is 0 Å². The van der Waals surface area contributed by atoms with Gasteiger partial charge in [-0.05, 0) is 11.6 Å². The lowest BCUT2D eigenvalue weighted by molar-refractivity contribution is -0.384. The molecular formula is C12H14N4O3. The van der Waals surface area contributed by atoms with E-state index in [0.717, 1.165) is 0 Å². The lowest BCUT2D eigenvalue weighted by Gasteiger charge is -2.05. The third-order valence-corrected chi connectivity index (χ3v) is 2.90. The van der Waals surface area contributed by atoms with Crippen molar-refractivity contribution in [3.8, 4) is 0 Å². The predicted octanol–water partition coefficient (Wildman–Crippen LogP) is 1.18. The van der Waals surface area contributed by atoms with Crippen LogP contribution in [-0.2, 0) is 13.6 Å². The number of rotatable bonds is 4. The molecule has 0 aliphatic heterocycles. The molecule has 0 saturated heterocycles. The summed E-state index contributed by atoms with van der Waals surface area (Å²) in [7, 11) is 3.29. The average Bonchev–Trinajstić information content (AvgIpc) is 2.70. The number of hydrogen-bond acceptors (Lipinski definition) is 4. The minimum absolute atomic E-state index is 0.00369. The quantitative estimate of drug-likeness (QED) is 0.662. The van der Waals surface area contributed by atoms with Crippen LogP contribution in [0.4, 0.5) is 11.4 Å². The van der Waals surface area contributed by atoms with Crippen molar-refractivity contribution < 1.29 is 4.92 Å². The van der Waals surface area contributed by atoms with E-state index in [1.54, 1.807) is 38.6 Å². The first-order chi connectivity index (χ1) is 9.02. The fourth-order valence-corrected chi connectivity index (χ4v) is 1.87. The van der Waals surface area contributed by atoms with Crippen molar-refractivity contribution in [2.24, 2.45) is 7.05 Å². The summed E-state index contributed by atoms with van der Waals surface area (Å²) in [6.07, 6.45) is 3.30. The van der Waals surface area contributed by atoms with Crippen LogP contribution in [0.3, 0.4) is 0 Å². The number of nitrogens with zero attached hydrogens (tertiary/aromatic N) is 3. The SMILES string of the molecule is CNc1ccc(Cn2ccn(C)c2=O)cc1[N+](=O)[O-]. The normalized spacial score (nSPS) is 10.4. The highest BCUT2D eigenvalue weighted by molar-refractivity contribution is 5.62. The minimum atomic E-state index is -0.441. The molecule has 0 atom stereocenters. The maximum atomic E-state index is 11.7. The number of aromatic nitrogens is 2. The lowest BCUT2D eigenvalue weighted by Crippen LogP contribution is -2.22. The van der Waals surface area contributed by atoms with Crippen LogP contribution in [0.5, 0.6) is 0 Å². The molecule has 0 amide bonds. The van der Waals surface area contributed by atoms with Gasteiger partial charge in [0.05, 0.1) is 11.5 Å². The zero-order valence-corrected chi connectivity index (χ0v) is 10.7. The molecule has 0 fully saturated rings. The maximum absolute atomic E-state index is 11.7. The van der Waals surface area contributed by atoms with E-state index in [4.69, 9.17) is 0 Å². The molecule has 0 aliphatic rings. The van der Waals surface area contributed by atoms with Gasteiger partial charge in [0.25, 0.3) is 5.69 Å². The lowest BCUT2D eigenvalue weighted by atomic mass is 10.1. The van der Waals surface area contributed by atoms with Gasteiger partial charge in [0.1, 0.15) is 5.69 Å². The van der Waals surface area contributed by atoms with Crippen molar-refractivity contribution in [1.82, 2.24) is 9.13 Å². The molecular weight excluding hydrogens is 248 g/mol. The van der Waals surface area contributed by atoms with Crippen LogP contribution < -0.4 is 11.0 Å². The summed E-state index contributed by atoms with van der Waals surface area (Å²) >= 11 is 0. The third kappa shape index (κ3) is 2.49. The van der Waals surface area contributed by atoms with Gasteiger partial charge in [0.15, 0.2) is 0 Å². The zero-order chi connectivity index (χ0) is 14.0. The Hall–Kier alpha value is -2.57. The number of aryl methyl sites for hydroxylation is 1. The molecule has 7 nitrogen and oxygen atoms in total. The van der Waals surface area contributed by atoms with Gasteiger partial charge in [-0.2, -0.15) is 0 Å². The first-order valence-electron chi connectivity index (χ1n) is 5.69. The van der Waals surface area contributed by atoms with E-state index in [1.807, 2.05) is 0 Å². The first kappa shape index (κ1) is 12.9. The van der Waals surface area contributed by atoms with E-state index in [2.05, 4.69) is 5.32 Å². The molecule has 1 N–H and O–H groups in total. The molecule has 7 heteroatoms. The standard InChI is InChI=1S/C12H14N4O3/c1-13-10-4-3-9(7-11(10)16(18)19)8-15-6-5-14(2)12(15)17/h3-7,13H,8H2,1-2H3. The number of benzene rings is 1. The van der Waals surface area contributed by atoms with Gasteiger partial charge in [-0.25, -0.2) is 4.79 Å². The summed E-state index contributed by atoms with van der Waals surface area (Å²) in [5, 5.41) is 13.7. The Morgan fingerprint density at radius 1 is 1.37 bits per heavy atom. The van der Waals surface area contributed by atoms with Gasteiger partial charge in [-0.15, -0.1) is 0 Å². The van der Waals surface area contributed by atoms with Gasteiger partial charge in [0, 0.05) is 32.6 Å². The molecule has 1 aromatic carbocycles. The number of hydrogen-bond donors (Lipinski definition) is 1. The number of anilines is 1. The van der Waals surface area contributed by atoms with Crippen molar-refractivity contribution in [3.05, 3.63) is 56.8 Å². The van der Waals surface area contributed by atoms with E-state index in [0.29, 0.717) is 17.8 Å². The second kappa shape index (κ2) is 4.97. The summed E-state index contributed by atoms with van der Waals surface area (Å²) in [6, 6.07) is 4.88. The Morgan fingerprint density at radius 3 is 2.63 bits per heavy atom. The van der Waals surface area contributed by atoms with E-state index in [1.165, 1.54) is 15.2 Å². The summed E-state index contributed by atoms with van der Waals surface area (Å²) < 4.78 is 2.95. The largest absolute Gasteiger partial charge is 0.383 e. The summed E-state index contributed by atoms with van der Waals surface area (Å²) in [6.45, 7) is 0.310. The Kier molecular flexibility index (Phi) is 3.37. The van der Waals surface area contributed by atoms with Gasteiger partial charge in [-0.1, -0.05) is 6.07 Å². The highest BCUT2D eigenvalue weighted by Crippen LogP contribution is 2.25. The Labute approximate surface area is 109 Å².